The summed E-state index contributed by atoms with van der Waals surface area (Å²) in [7, 11) is -3.95. The number of ether oxygens (including phenoxy) is 2. The summed E-state index contributed by atoms with van der Waals surface area (Å²) >= 11 is 0. The van der Waals surface area contributed by atoms with Gasteiger partial charge in [-0.05, 0) is 24.8 Å². The molecule has 234 valence electrons. The van der Waals surface area contributed by atoms with Crippen LogP contribution in [0.5, 0.6) is 5.75 Å². The predicted molar refractivity (Wildman–Crippen MR) is 167 cm³/mol. The number of hydrogen-bond donors (Lipinski definition) is 0. The van der Waals surface area contributed by atoms with E-state index in [2.05, 4.69) is 6.92 Å². The Morgan fingerprint density at radius 1 is 0.561 bits per heavy atom. The molecule has 2 rings (SSSR count). The van der Waals surface area contributed by atoms with E-state index in [9.17, 15) is 4.57 Å². The van der Waals surface area contributed by atoms with E-state index in [1.54, 1.807) is 6.07 Å². The summed E-state index contributed by atoms with van der Waals surface area (Å²) < 4.78 is 40.5. The molecule has 8 heteroatoms. The molecule has 0 aliphatic heterocycles. The van der Waals surface area contributed by atoms with E-state index in [0.717, 1.165) is 30.0 Å². The molecule has 41 heavy (non-hydrogen) atoms. The highest BCUT2D eigenvalue weighted by Crippen LogP contribution is 2.50. The molecule has 0 aliphatic carbocycles. The van der Waals surface area contributed by atoms with E-state index in [0.29, 0.717) is 25.6 Å². The fourth-order valence-corrected chi connectivity index (χ4v) is 5.64. The lowest BCUT2D eigenvalue weighted by Crippen LogP contribution is -2.11. The Hall–Kier alpha value is -1.47. The summed E-state index contributed by atoms with van der Waals surface area (Å²) in [6, 6.07) is 13.4. The van der Waals surface area contributed by atoms with Gasteiger partial charge in [-0.15, -0.1) is 0 Å². The van der Waals surface area contributed by atoms with E-state index in [-0.39, 0.29) is 19.8 Å². The summed E-state index contributed by atoms with van der Waals surface area (Å²) in [5.74, 6) is 0.454. The Morgan fingerprint density at radius 2 is 1.10 bits per heavy atom. The van der Waals surface area contributed by atoms with Gasteiger partial charge < -0.3 is 14.4 Å². The van der Waals surface area contributed by atoms with Crippen molar-refractivity contribution < 1.29 is 32.6 Å². The lowest BCUT2D eigenvalue weighted by Gasteiger charge is -2.17. The number of rotatable bonds is 28. The van der Waals surface area contributed by atoms with Gasteiger partial charge in [0, 0.05) is 12.0 Å². The molecular formula is C33H55O7P. The van der Waals surface area contributed by atoms with Crippen molar-refractivity contribution in [3.8, 4) is 5.75 Å². The average Bonchev–Trinajstić information content (AvgIpc) is 2.99. The first-order valence-corrected chi connectivity index (χ1v) is 17.5. The van der Waals surface area contributed by atoms with Crippen LogP contribution in [0.15, 0.2) is 42.5 Å². The maximum absolute atomic E-state index is 13.3. The summed E-state index contributed by atoms with van der Waals surface area (Å²) in [6.45, 7) is 6.37. The lowest BCUT2D eigenvalue weighted by atomic mass is 10.0. The van der Waals surface area contributed by atoms with Gasteiger partial charge in [-0.25, -0.2) is 4.57 Å². The summed E-state index contributed by atoms with van der Waals surface area (Å²) in [4.78, 5) is 5.50. The minimum atomic E-state index is -3.95. The highest BCUT2D eigenvalue weighted by molar-refractivity contribution is 7.48. The molecule has 0 radical (unpaired) electrons. The molecule has 0 aliphatic rings. The highest BCUT2D eigenvalue weighted by Gasteiger charge is 2.29. The van der Waals surface area contributed by atoms with Crippen molar-refractivity contribution in [1.29, 1.82) is 0 Å². The van der Waals surface area contributed by atoms with Gasteiger partial charge in [0.05, 0.1) is 33.0 Å². The first-order valence-electron chi connectivity index (χ1n) is 16.1. The third-order valence-corrected chi connectivity index (χ3v) is 8.27. The predicted octanol–water partition coefficient (Wildman–Crippen LogP) is 10.2. The minimum absolute atomic E-state index is 0.0567. The molecular weight excluding hydrogens is 539 g/mol. The smallest absolute Gasteiger partial charge is 0.379 e. The van der Waals surface area contributed by atoms with Gasteiger partial charge in [0.1, 0.15) is 0 Å². The maximum Gasteiger partial charge on any atom is 0.511 e. The molecule has 0 fully saturated rings. The van der Waals surface area contributed by atoms with Crippen LogP contribution in [0.2, 0.25) is 0 Å². The molecule has 0 amide bonds. The second-order valence-corrected chi connectivity index (χ2v) is 12.1. The molecule has 2 aromatic carbocycles. The van der Waals surface area contributed by atoms with E-state index in [1.807, 2.05) is 43.3 Å². The standard InChI is InChI=1S/C33H55O7P/c1-3-5-6-7-8-9-10-11-12-13-14-15-16-17-20-26-37-41(34,38-30-29-36-28-27-35-4-2)40-39-33-25-21-23-31-22-18-19-24-32(31)33/h18-19,21-25H,3-17,20,26-30H2,1-2H3. The number of benzene rings is 2. The van der Waals surface area contributed by atoms with Crippen LogP contribution in [-0.4, -0.2) is 39.6 Å². The van der Waals surface area contributed by atoms with Crippen molar-refractivity contribution in [3.63, 3.8) is 0 Å². The van der Waals surface area contributed by atoms with Crippen molar-refractivity contribution in [2.24, 2.45) is 0 Å². The van der Waals surface area contributed by atoms with E-state index in [4.69, 9.17) is 28.1 Å². The topological polar surface area (TPSA) is 72.5 Å². The lowest BCUT2D eigenvalue weighted by molar-refractivity contribution is -0.132. The highest BCUT2D eigenvalue weighted by atomic mass is 31.2. The Kier molecular flexibility index (Phi) is 20.9. The Bertz CT molecular complexity index is 933. The fraction of sp³-hybridized carbons (Fsp3) is 0.697. The van der Waals surface area contributed by atoms with Gasteiger partial charge in [0.2, 0.25) is 0 Å². The molecule has 2 aromatic rings. The molecule has 1 atom stereocenters. The third-order valence-electron chi connectivity index (χ3n) is 7.02. The molecule has 0 heterocycles. The first-order chi connectivity index (χ1) is 20.2. The van der Waals surface area contributed by atoms with Crippen molar-refractivity contribution in [3.05, 3.63) is 42.5 Å². The monoisotopic (exact) mass is 594 g/mol. The summed E-state index contributed by atoms with van der Waals surface area (Å²) in [5.41, 5.74) is 0. The average molecular weight is 595 g/mol. The molecule has 7 nitrogen and oxygen atoms in total. The summed E-state index contributed by atoms with van der Waals surface area (Å²) in [6.07, 6.45) is 19.2. The Labute approximate surface area is 249 Å². The second-order valence-electron chi connectivity index (χ2n) is 10.5. The van der Waals surface area contributed by atoms with E-state index in [1.165, 1.54) is 77.0 Å². The van der Waals surface area contributed by atoms with E-state index >= 15 is 0 Å². The fourth-order valence-electron chi connectivity index (χ4n) is 4.66. The number of hydrogen-bond acceptors (Lipinski definition) is 7. The molecule has 0 saturated carbocycles. The quantitative estimate of drug-likeness (QED) is 0.0420. The van der Waals surface area contributed by atoms with Gasteiger partial charge in [-0.1, -0.05) is 138 Å². The van der Waals surface area contributed by atoms with Gasteiger partial charge in [0.25, 0.3) is 0 Å². The maximum atomic E-state index is 13.3. The Morgan fingerprint density at radius 3 is 1.76 bits per heavy atom. The number of unbranched alkanes of at least 4 members (excludes halogenated alkanes) is 14. The number of phosphoric acid groups is 1. The number of fused-ring (bicyclic) bond motifs is 1. The molecule has 0 saturated heterocycles. The van der Waals surface area contributed by atoms with Crippen LogP contribution in [0.25, 0.3) is 10.8 Å². The van der Waals surface area contributed by atoms with Crippen molar-refractivity contribution in [2.45, 2.75) is 110 Å². The SMILES string of the molecule is CCCCCCCCCCCCCCCCCOP(=O)(OCCOCCOCC)OOc1cccc2ccccc12. The molecule has 0 spiro atoms. The van der Waals surface area contributed by atoms with Crippen LogP contribution in [-0.2, 0) is 27.8 Å². The van der Waals surface area contributed by atoms with Crippen molar-refractivity contribution >= 4 is 18.6 Å². The zero-order valence-corrected chi connectivity index (χ0v) is 26.6. The van der Waals surface area contributed by atoms with Crippen LogP contribution in [0.1, 0.15) is 110 Å². The van der Waals surface area contributed by atoms with Gasteiger partial charge in [-0.2, -0.15) is 0 Å². The normalized spacial score (nSPS) is 13.0. The van der Waals surface area contributed by atoms with Crippen LogP contribution in [0, 0.1) is 0 Å². The van der Waals surface area contributed by atoms with Gasteiger partial charge in [-0.3, -0.25) is 9.05 Å². The van der Waals surface area contributed by atoms with Crippen LogP contribution >= 0.6 is 7.82 Å². The van der Waals surface area contributed by atoms with E-state index < -0.39 is 7.82 Å². The van der Waals surface area contributed by atoms with Crippen LogP contribution in [0.3, 0.4) is 0 Å². The zero-order chi connectivity index (χ0) is 29.3. The third kappa shape index (κ3) is 17.3. The summed E-state index contributed by atoms with van der Waals surface area (Å²) in [5, 5.41) is 1.84. The van der Waals surface area contributed by atoms with Crippen LogP contribution < -0.4 is 4.89 Å². The van der Waals surface area contributed by atoms with Gasteiger partial charge in [0.15, 0.2) is 5.75 Å². The molecule has 0 aromatic heterocycles. The van der Waals surface area contributed by atoms with Crippen LogP contribution in [0.4, 0.5) is 0 Å². The largest absolute Gasteiger partial charge is 0.511 e. The number of phosphoric ester groups is 1. The van der Waals surface area contributed by atoms with Gasteiger partial charge >= 0.3 is 7.82 Å². The second kappa shape index (κ2) is 24.0. The van der Waals surface area contributed by atoms with Crippen molar-refractivity contribution in [2.75, 3.05) is 39.6 Å². The zero-order valence-electron chi connectivity index (χ0n) is 25.7. The minimum Gasteiger partial charge on any atom is -0.379 e. The molecule has 1 unspecified atom stereocenters. The first kappa shape index (κ1) is 35.7. The molecule has 0 bridgehead atoms. The molecule has 0 N–H and O–H groups in total. The van der Waals surface area contributed by atoms with Crippen molar-refractivity contribution in [1.82, 2.24) is 0 Å². The Balaban J connectivity index is 1.63.